The van der Waals surface area contributed by atoms with Crippen molar-refractivity contribution in [1.82, 2.24) is 10.2 Å². The second-order valence-corrected chi connectivity index (χ2v) is 6.78. The highest BCUT2D eigenvalue weighted by molar-refractivity contribution is 6.42. The van der Waals surface area contributed by atoms with Gasteiger partial charge in [0.1, 0.15) is 0 Å². The molecule has 1 aromatic carbocycles. The predicted octanol–water partition coefficient (Wildman–Crippen LogP) is 3.92. The number of piperidine rings is 2. The summed E-state index contributed by atoms with van der Waals surface area (Å²) >= 11 is 12.1. The molecule has 2 aliphatic heterocycles. The second kappa shape index (κ2) is 6.65. The van der Waals surface area contributed by atoms with Crippen LogP contribution in [0.5, 0.6) is 0 Å². The minimum atomic E-state index is 0.641. The molecule has 2 nitrogen and oxygen atoms in total. The molecule has 0 amide bonds. The molecular formula is C16H22Cl2N2. The Morgan fingerprint density at radius 3 is 2.30 bits per heavy atom. The van der Waals surface area contributed by atoms with Gasteiger partial charge < -0.3 is 10.2 Å². The lowest BCUT2D eigenvalue weighted by molar-refractivity contribution is 0.127. The summed E-state index contributed by atoms with van der Waals surface area (Å²) in [6.07, 6.45) is 5.08. The van der Waals surface area contributed by atoms with Crippen LogP contribution in [0.2, 0.25) is 10.0 Å². The van der Waals surface area contributed by atoms with Crippen molar-refractivity contribution < 1.29 is 0 Å². The molecule has 0 atom stereocenters. The molecular weight excluding hydrogens is 291 g/mol. The Balaban J connectivity index is 1.58. The number of nitrogens with one attached hydrogen (secondary N) is 1. The zero-order valence-electron chi connectivity index (χ0n) is 11.7. The summed E-state index contributed by atoms with van der Waals surface area (Å²) < 4.78 is 0. The first-order chi connectivity index (χ1) is 9.74. The molecule has 0 unspecified atom stereocenters. The van der Waals surface area contributed by atoms with Gasteiger partial charge in [0.25, 0.3) is 0 Å². The smallest absolute Gasteiger partial charge is 0.0595 e. The molecule has 2 aliphatic rings. The summed E-state index contributed by atoms with van der Waals surface area (Å²) in [5.74, 6) is 0.641. The van der Waals surface area contributed by atoms with Crippen LogP contribution in [-0.2, 0) is 0 Å². The third kappa shape index (κ3) is 3.30. The lowest BCUT2D eigenvalue weighted by Crippen LogP contribution is -2.46. The normalized spacial score (nSPS) is 23.1. The van der Waals surface area contributed by atoms with Gasteiger partial charge in [-0.3, -0.25) is 0 Å². The molecule has 0 aromatic heterocycles. The molecule has 2 heterocycles. The van der Waals surface area contributed by atoms with Crippen molar-refractivity contribution in [3.8, 4) is 0 Å². The number of hydrogen-bond donors (Lipinski definition) is 1. The monoisotopic (exact) mass is 312 g/mol. The van der Waals surface area contributed by atoms with E-state index in [-0.39, 0.29) is 0 Å². The molecule has 0 bridgehead atoms. The second-order valence-electron chi connectivity index (χ2n) is 5.96. The fraction of sp³-hybridized carbons (Fsp3) is 0.625. The summed E-state index contributed by atoms with van der Waals surface area (Å²) in [6, 6.07) is 6.91. The van der Waals surface area contributed by atoms with E-state index in [1.807, 2.05) is 6.07 Å². The van der Waals surface area contributed by atoms with Gasteiger partial charge in [-0.05, 0) is 75.5 Å². The van der Waals surface area contributed by atoms with E-state index in [9.17, 15) is 0 Å². The maximum atomic E-state index is 6.13. The molecule has 2 saturated heterocycles. The van der Waals surface area contributed by atoms with E-state index in [1.54, 1.807) is 0 Å². The van der Waals surface area contributed by atoms with Gasteiger partial charge in [0.2, 0.25) is 0 Å². The maximum absolute atomic E-state index is 6.13. The molecule has 4 heteroatoms. The van der Waals surface area contributed by atoms with Crippen LogP contribution in [-0.4, -0.2) is 37.1 Å². The summed E-state index contributed by atoms with van der Waals surface area (Å²) in [7, 11) is 0. The van der Waals surface area contributed by atoms with E-state index in [4.69, 9.17) is 23.2 Å². The lowest BCUT2D eigenvalue weighted by Gasteiger charge is -2.39. The minimum Gasteiger partial charge on any atom is -0.317 e. The van der Waals surface area contributed by atoms with E-state index in [2.05, 4.69) is 22.3 Å². The van der Waals surface area contributed by atoms with Gasteiger partial charge in [0.15, 0.2) is 0 Å². The summed E-state index contributed by atoms with van der Waals surface area (Å²) in [5, 5.41) is 4.79. The largest absolute Gasteiger partial charge is 0.317 e. The van der Waals surface area contributed by atoms with Gasteiger partial charge in [0.05, 0.1) is 10.0 Å². The molecule has 2 fully saturated rings. The average Bonchev–Trinajstić information content (AvgIpc) is 2.51. The molecule has 110 valence electrons. The summed E-state index contributed by atoms with van der Waals surface area (Å²) in [5.41, 5.74) is 1.35. The van der Waals surface area contributed by atoms with E-state index < -0.39 is 0 Å². The Kier molecular flexibility index (Phi) is 4.87. The lowest BCUT2D eigenvalue weighted by atomic mass is 9.88. The SMILES string of the molecule is Clc1ccc(C2CCN(C3CCNCC3)CC2)cc1Cl. The van der Waals surface area contributed by atoms with Gasteiger partial charge in [-0.2, -0.15) is 0 Å². The van der Waals surface area contributed by atoms with Crippen molar-refractivity contribution in [2.75, 3.05) is 26.2 Å². The number of likely N-dealkylation sites (tertiary alicyclic amines) is 1. The first kappa shape index (κ1) is 14.6. The highest BCUT2D eigenvalue weighted by Crippen LogP contribution is 2.33. The average molecular weight is 313 g/mol. The molecule has 1 aromatic rings. The quantitative estimate of drug-likeness (QED) is 0.890. The highest BCUT2D eigenvalue weighted by Gasteiger charge is 2.26. The zero-order valence-corrected chi connectivity index (χ0v) is 13.3. The minimum absolute atomic E-state index is 0.641. The van der Waals surface area contributed by atoms with Crippen LogP contribution in [0.1, 0.15) is 37.2 Å². The van der Waals surface area contributed by atoms with Crippen molar-refractivity contribution >= 4 is 23.2 Å². The third-order valence-electron chi connectivity index (χ3n) is 4.77. The Labute approximate surface area is 131 Å². The first-order valence-corrected chi connectivity index (χ1v) is 8.39. The van der Waals surface area contributed by atoms with Crippen LogP contribution in [0, 0.1) is 0 Å². The number of hydrogen-bond acceptors (Lipinski definition) is 2. The van der Waals surface area contributed by atoms with Crippen molar-refractivity contribution in [3.05, 3.63) is 33.8 Å². The van der Waals surface area contributed by atoms with E-state index in [0.717, 1.165) is 6.04 Å². The van der Waals surface area contributed by atoms with E-state index >= 15 is 0 Å². The standard InChI is InChI=1S/C16H22Cl2N2/c17-15-2-1-13(11-16(15)18)12-5-9-20(10-6-12)14-3-7-19-8-4-14/h1-2,11-12,14,19H,3-10H2. The van der Waals surface area contributed by atoms with Crippen molar-refractivity contribution in [1.29, 1.82) is 0 Å². The van der Waals surface area contributed by atoms with Crippen LogP contribution in [0.15, 0.2) is 18.2 Å². The number of halogens is 2. The summed E-state index contributed by atoms with van der Waals surface area (Å²) in [4.78, 5) is 2.69. The van der Waals surface area contributed by atoms with Gasteiger partial charge in [-0.15, -0.1) is 0 Å². The van der Waals surface area contributed by atoms with Gasteiger partial charge in [-0.1, -0.05) is 29.3 Å². The maximum Gasteiger partial charge on any atom is 0.0595 e. The highest BCUT2D eigenvalue weighted by atomic mass is 35.5. The van der Waals surface area contributed by atoms with Crippen LogP contribution < -0.4 is 5.32 Å². The number of rotatable bonds is 2. The number of nitrogens with zero attached hydrogens (tertiary/aromatic N) is 1. The van der Waals surface area contributed by atoms with Crippen molar-refractivity contribution in [3.63, 3.8) is 0 Å². The van der Waals surface area contributed by atoms with Crippen LogP contribution in [0.4, 0.5) is 0 Å². The zero-order chi connectivity index (χ0) is 13.9. The van der Waals surface area contributed by atoms with Gasteiger partial charge >= 0.3 is 0 Å². The molecule has 0 spiro atoms. The Bertz CT molecular complexity index is 450. The van der Waals surface area contributed by atoms with Crippen LogP contribution in [0.3, 0.4) is 0 Å². The summed E-state index contributed by atoms with van der Waals surface area (Å²) in [6.45, 7) is 4.79. The third-order valence-corrected chi connectivity index (χ3v) is 5.51. The number of benzene rings is 1. The molecule has 0 radical (unpaired) electrons. The van der Waals surface area contributed by atoms with Crippen molar-refractivity contribution in [2.45, 2.75) is 37.6 Å². The Morgan fingerprint density at radius 1 is 0.950 bits per heavy atom. The molecule has 1 N–H and O–H groups in total. The van der Waals surface area contributed by atoms with E-state index in [0.29, 0.717) is 16.0 Å². The predicted molar refractivity (Wildman–Crippen MR) is 85.9 cm³/mol. The van der Waals surface area contributed by atoms with E-state index in [1.165, 1.54) is 57.4 Å². The van der Waals surface area contributed by atoms with Crippen LogP contribution in [0.25, 0.3) is 0 Å². The fourth-order valence-corrected chi connectivity index (χ4v) is 3.84. The molecule has 0 saturated carbocycles. The van der Waals surface area contributed by atoms with Crippen LogP contribution >= 0.6 is 23.2 Å². The molecule has 3 rings (SSSR count). The first-order valence-electron chi connectivity index (χ1n) is 7.64. The van der Waals surface area contributed by atoms with Gasteiger partial charge in [0, 0.05) is 6.04 Å². The van der Waals surface area contributed by atoms with Gasteiger partial charge in [-0.25, -0.2) is 0 Å². The Hall–Kier alpha value is -0.280. The Morgan fingerprint density at radius 2 is 1.65 bits per heavy atom. The molecule has 20 heavy (non-hydrogen) atoms. The topological polar surface area (TPSA) is 15.3 Å². The van der Waals surface area contributed by atoms with Crippen molar-refractivity contribution in [2.24, 2.45) is 0 Å². The molecule has 0 aliphatic carbocycles. The fourth-order valence-electron chi connectivity index (χ4n) is 3.54.